The number of pyridine rings is 1. The van der Waals surface area contributed by atoms with Gasteiger partial charge in [0.2, 0.25) is 0 Å². The molecule has 1 aliphatic heterocycles. The number of halogens is 4. The number of hydrogen-bond donors (Lipinski definition) is 1. The fourth-order valence-corrected chi connectivity index (χ4v) is 3.94. The van der Waals surface area contributed by atoms with Gasteiger partial charge in [0.15, 0.2) is 0 Å². The Morgan fingerprint density at radius 3 is 2.44 bits per heavy atom. The van der Waals surface area contributed by atoms with Crippen LogP contribution in [0, 0.1) is 11.7 Å². The van der Waals surface area contributed by atoms with Crippen molar-refractivity contribution in [3.8, 4) is 22.6 Å². The number of nitrogens with one attached hydrogen (secondary N) is 1. The standard InChI is InChI=1S/C23H25F4N5/c1-15(2)14-31-7-9-32(10-8-31)21-12-17(5-6-28-21)22-29-13-20(30-22)16-3-4-19(24)18(11-16)23(25,26)27/h3-6,11-13,15H,7-10,14H2,1-2H3,(H,29,30). The van der Waals surface area contributed by atoms with E-state index in [-0.39, 0.29) is 5.56 Å². The minimum Gasteiger partial charge on any atom is -0.354 e. The Hall–Kier alpha value is -2.94. The lowest BCUT2D eigenvalue weighted by Gasteiger charge is -2.36. The molecule has 1 aliphatic rings. The molecule has 0 bridgehead atoms. The van der Waals surface area contributed by atoms with Crippen molar-refractivity contribution < 1.29 is 17.6 Å². The Kier molecular flexibility index (Phi) is 6.19. The maximum Gasteiger partial charge on any atom is 0.419 e. The average molecular weight is 447 g/mol. The molecule has 0 atom stereocenters. The number of imidazole rings is 1. The van der Waals surface area contributed by atoms with E-state index in [1.807, 2.05) is 6.07 Å². The van der Waals surface area contributed by atoms with Crippen LogP contribution in [0.2, 0.25) is 0 Å². The Bertz CT molecular complexity index is 1070. The molecule has 5 nitrogen and oxygen atoms in total. The van der Waals surface area contributed by atoms with Crippen LogP contribution >= 0.6 is 0 Å². The molecular weight excluding hydrogens is 422 g/mol. The highest BCUT2D eigenvalue weighted by molar-refractivity contribution is 5.66. The maximum atomic E-state index is 13.6. The van der Waals surface area contributed by atoms with Gasteiger partial charge in [-0.05, 0) is 36.2 Å². The van der Waals surface area contributed by atoms with Crippen LogP contribution in [0.5, 0.6) is 0 Å². The van der Waals surface area contributed by atoms with E-state index in [0.717, 1.165) is 56.2 Å². The summed E-state index contributed by atoms with van der Waals surface area (Å²) >= 11 is 0. The minimum absolute atomic E-state index is 0.216. The monoisotopic (exact) mass is 447 g/mol. The van der Waals surface area contributed by atoms with Crippen molar-refractivity contribution in [3.63, 3.8) is 0 Å². The van der Waals surface area contributed by atoms with Gasteiger partial charge >= 0.3 is 6.18 Å². The Morgan fingerprint density at radius 2 is 1.75 bits per heavy atom. The Balaban J connectivity index is 1.52. The van der Waals surface area contributed by atoms with Gasteiger partial charge in [0.25, 0.3) is 0 Å². The second kappa shape index (κ2) is 8.90. The van der Waals surface area contributed by atoms with E-state index in [1.54, 1.807) is 12.3 Å². The predicted octanol–water partition coefficient (Wildman–Crippen LogP) is 5.07. The summed E-state index contributed by atoms with van der Waals surface area (Å²) in [5.41, 5.74) is 0.0807. The highest BCUT2D eigenvalue weighted by Gasteiger charge is 2.34. The van der Waals surface area contributed by atoms with Gasteiger partial charge in [0.1, 0.15) is 17.5 Å². The first-order valence-electron chi connectivity index (χ1n) is 10.6. The molecule has 4 rings (SSSR count). The molecule has 1 saturated heterocycles. The summed E-state index contributed by atoms with van der Waals surface area (Å²) in [6.45, 7) is 9.21. The third-order valence-electron chi connectivity index (χ3n) is 5.50. The maximum absolute atomic E-state index is 13.6. The average Bonchev–Trinajstić information content (AvgIpc) is 3.24. The lowest BCUT2D eigenvalue weighted by molar-refractivity contribution is -0.139. The number of aromatic nitrogens is 3. The summed E-state index contributed by atoms with van der Waals surface area (Å²) < 4.78 is 52.7. The van der Waals surface area contributed by atoms with Gasteiger partial charge in [-0.2, -0.15) is 13.2 Å². The first-order valence-corrected chi connectivity index (χ1v) is 10.6. The molecule has 170 valence electrons. The zero-order chi connectivity index (χ0) is 22.9. The van der Waals surface area contributed by atoms with Crippen molar-refractivity contribution in [1.29, 1.82) is 0 Å². The zero-order valence-electron chi connectivity index (χ0n) is 18.0. The molecule has 1 fully saturated rings. The lowest BCUT2D eigenvalue weighted by Crippen LogP contribution is -2.47. The van der Waals surface area contributed by atoms with E-state index in [2.05, 4.69) is 38.6 Å². The number of aromatic amines is 1. The molecular formula is C23H25F4N5. The first-order chi connectivity index (χ1) is 15.2. The van der Waals surface area contributed by atoms with Crippen LogP contribution in [0.3, 0.4) is 0 Å². The van der Waals surface area contributed by atoms with Crippen LogP contribution in [-0.4, -0.2) is 52.6 Å². The Morgan fingerprint density at radius 1 is 1.00 bits per heavy atom. The smallest absolute Gasteiger partial charge is 0.354 e. The van der Waals surface area contributed by atoms with Crippen LogP contribution in [-0.2, 0) is 6.18 Å². The molecule has 3 heterocycles. The van der Waals surface area contributed by atoms with Crippen molar-refractivity contribution in [3.05, 3.63) is 54.1 Å². The molecule has 9 heteroatoms. The largest absolute Gasteiger partial charge is 0.419 e. The molecule has 0 amide bonds. The van der Waals surface area contributed by atoms with Crippen LogP contribution in [0.25, 0.3) is 22.6 Å². The number of hydrogen-bond acceptors (Lipinski definition) is 4. The summed E-state index contributed by atoms with van der Waals surface area (Å²) in [6.07, 6.45) is -1.61. The first kappa shape index (κ1) is 22.3. The highest BCUT2D eigenvalue weighted by Crippen LogP contribution is 2.34. The molecule has 0 radical (unpaired) electrons. The molecule has 0 saturated carbocycles. The third-order valence-corrected chi connectivity index (χ3v) is 5.50. The van der Waals surface area contributed by atoms with Gasteiger partial charge in [0.05, 0.1) is 17.5 Å². The van der Waals surface area contributed by atoms with Crippen molar-refractivity contribution in [2.24, 2.45) is 5.92 Å². The number of benzene rings is 1. The number of piperazine rings is 1. The minimum atomic E-state index is -4.76. The Labute approximate surface area is 184 Å². The van der Waals surface area contributed by atoms with Gasteiger partial charge < -0.3 is 9.88 Å². The van der Waals surface area contributed by atoms with Crippen LogP contribution in [0.15, 0.2) is 42.7 Å². The second-order valence-electron chi connectivity index (χ2n) is 8.42. The quantitative estimate of drug-likeness (QED) is 0.555. The van der Waals surface area contributed by atoms with Crippen molar-refractivity contribution >= 4 is 5.82 Å². The molecule has 3 aromatic rings. The fraction of sp³-hybridized carbons (Fsp3) is 0.391. The molecule has 2 aromatic heterocycles. The van der Waals surface area contributed by atoms with Gasteiger partial charge in [-0.25, -0.2) is 14.4 Å². The number of nitrogens with zero attached hydrogens (tertiary/aromatic N) is 4. The second-order valence-corrected chi connectivity index (χ2v) is 8.42. The van der Waals surface area contributed by atoms with E-state index in [9.17, 15) is 17.6 Å². The number of anilines is 1. The summed E-state index contributed by atoms with van der Waals surface area (Å²) in [5.74, 6) is 0.684. The molecule has 0 spiro atoms. The highest BCUT2D eigenvalue weighted by atomic mass is 19.4. The summed E-state index contributed by atoms with van der Waals surface area (Å²) in [6, 6.07) is 6.64. The number of H-pyrrole nitrogens is 1. The summed E-state index contributed by atoms with van der Waals surface area (Å²) in [7, 11) is 0. The van der Waals surface area contributed by atoms with Gasteiger partial charge in [-0.1, -0.05) is 13.8 Å². The van der Waals surface area contributed by atoms with E-state index in [0.29, 0.717) is 17.4 Å². The number of rotatable bonds is 5. The summed E-state index contributed by atoms with van der Waals surface area (Å²) in [4.78, 5) is 16.5. The topological polar surface area (TPSA) is 48.0 Å². The normalized spacial score (nSPS) is 15.5. The molecule has 32 heavy (non-hydrogen) atoms. The van der Waals surface area contributed by atoms with E-state index < -0.39 is 17.6 Å². The van der Waals surface area contributed by atoms with Crippen LogP contribution in [0.1, 0.15) is 19.4 Å². The SMILES string of the molecule is CC(C)CN1CCN(c2cc(-c3ncc(-c4ccc(F)c(C(F)(F)F)c4)[nH]3)ccn2)CC1. The van der Waals surface area contributed by atoms with E-state index in [4.69, 9.17) is 0 Å². The summed E-state index contributed by atoms with van der Waals surface area (Å²) in [5, 5.41) is 0. The van der Waals surface area contributed by atoms with E-state index >= 15 is 0 Å². The molecule has 0 aliphatic carbocycles. The zero-order valence-corrected chi connectivity index (χ0v) is 18.0. The van der Waals surface area contributed by atoms with Crippen LogP contribution in [0.4, 0.5) is 23.4 Å². The fourth-order valence-electron chi connectivity index (χ4n) is 3.94. The molecule has 0 unspecified atom stereocenters. The molecule has 1 N–H and O–H groups in total. The van der Waals surface area contributed by atoms with Crippen LogP contribution < -0.4 is 4.90 Å². The van der Waals surface area contributed by atoms with Gasteiger partial charge in [-0.15, -0.1) is 0 Å². The third kappa shape index (κ3) is 4.93. The van der Waals surface area contributed by atoms with Crippen molar-refractivity contribution in [1.82, 2.24) is 19.9 Å². The van der Waals surface area contributed by atoms with Crippen molar-refractivity contribution in [2.75, 3.05) is 37.6 Å². The molecule has 1 aromatic carbocycles. The number of alkyl halides is 3. The van der Waals surface area contributed by atoms with E-state index in [1.165, 1.54) is 12.3 Å². The van der Waals surface area contributed by atoms with Gasteiger partial charge in [0, 0.05) is 50.0 Å². The van der Waals surface area contributed by atoms with Gasteiger partial charge in [-0.3, -0.25) is 4.90 Å². The predicted molar refractivity (Wildman–Crippen MR) is 116 cm³/mol. The lowest BCUT2D eigenvalue weighted by atomic mass is 10.1. The van der Waals surface area contributed by atoms with Crippen molar-refractivity contribution in [2.45, 2.75) is 20.0 Å².